The number of primary amides is 1. The Morgan fingerprint density at radius 1 is 1.16 bits per heavy atom. The number of hydrogen-bond acceptors (Lipinski definition) is 7. The minimum absolute atomic E-state index is 0.398. The van der Waals surface area contributed by atoms with E-state index in [2.05, 4.69) is 72.8 Å². The second kappa shape index (κ2) is 29.0. The van der Waals surface area contributed by atoms with Crippen molar-refractivity contribution in [2.75, 3.05) is 54.0 Å². The van der Waals surface area contributed by atoms with Crippen molar-refractivity contribution in [2.45, 2.75) is 73.6 Å². The zero-order valence-corrected chi connectivity index (χ0v) is 26.1. The van der Waals surface area contributed by atoms with Crippen molar-refractivity contribution in [3.63, 3.8) is 0 Å². The van der Waals surface area contributed by atoms with Gasteiger partial charge in [0.25, 0.3) is 5.91 Å². The molecule has 8 nitrogen and oxygen atoms in total. The van der Waals surface area contributed by atoms with Crippen molar-refractivity contribution >= 4 is 12.6 Å². The lowest BCUT2D eigenvalue weighted by Crippen LogP contribution is -2.37. The largest absolute Gasteiger partial charge is 0.364 e. The molecular weight excluding hydrogens is 474 g/mol. The number of pyridine rings is 1. The molecule has 0 atom stereocenters. The van der Waals surface area contributed by atoms with Gasteiger partial charge in [-0.05, 0) is 91.1 Å². The van der Waals surface area contributed by atoms with Crippen LogP contribution < -0.4 is 16.4 Å². The monoisotopic (exact) mass is 533 g/mol. The summed E-state index contributed by atoms with van der Waals surface area (Å²) in [5, 5.41) is 6.32. The maximum absolute atomic E-state index is 11.5. The third-order valence-electron chi connectivity index (χ3n) is 5.12. The molecule has 0 saturated heterocycles. The van der Waals surface area contributed by atoms with Gasteiger partial charge in [0.1, 0.15) is 5.70 Å². The number of allylic oxidation sites excluding steroid dienone is 1. The van der Waals surface area contributed by atoms with Gasteiger partial charge in [0.05, 0.1) is 12.4 Å². The Morgan fingerprint density at radius 3 is 2.18 bits per heavy atom. The Kier molecular flexibility index (Phi) is 30.5. The number of fused-ring (bicyclic) bond motifs is 1. The number of hydrogen-bond donors (Lipinski definition) is 3. The van der Waals surface area contributed by atoms with Crippen molar-refractivity contribution in [2.24, 2.45) is 10.7 Å². The summed E-state index contributed by atoms with van der Waals surface area (Å²) < 4.78 is 0. The number of nitrogens with two attached hydrogens (primary N) is 1. The summed E-state index contributed by atoms with van der Waals surface area (Å²) in [6.07, 6.45) is 9.76. The summed E-state index contributed by atoms with van der Waals surface area (Å²) in [7, 11) is 5.91. The van der Waals surface area contributed by atoms with Crippen LogP contribution in [0.3, 0.4) is 0 Å². The molecule has 8 heteroatoms. The molecule has 4 N–H and O–H groups in total. The van der Waals surface area contributed by atoms with E-state index in [0.29, 0.717) is 24.6 Å². The van der Waals surface area contributed by atoms with E-state index in [4.69, 9.17) is 5.73 Å². The molecule has 1 amide bonds. The number of aliphatic imine (C=N–C) groups is 1. The highest BCUT2D eigenvalue weighted by Crippen LogP contribution is 2.17. The van der Waals surface area contributed by atoms with Crippen molar-refractivity contribution in [3.05, 3.63) is 53.6 Å². The lowest BCUT2D eigenvalue weighted by molar-refractivity contribution is -0.116. The standard InChI is InChI=1S/C12H25N5O.C9H11N.C4H11N.C3H6.C2H6/c1-5-7-16-8-10(14-3)11(12(13)18)17(4)9-15-6-2;1-2-6-9-8(4-1)5-3-7-10-9;1-4-5(2)3;1-3-2;1-2/h15-16H,3,5-9H2,1-2,4H3,(H2,13,18);3,5,7H,1-2,4,6H2;4H2,1-3H3;3H,1H2,2H3;1-2H3/b11-10-;;;;. The number of amides is 1. The fraction of sp³-hybridized carbons (Fsp3) is 0.633. The molecule has 1 heterocycles. The summed E-state index contributed by atoms with van der Waals surface area (Å²) >= 11 is 0. The van der Waals surface area contributed by atoms with Crippen molar-refractivity contribution in [1.29, 1.82) is 0 Å². The van der Waals surface area contributed by atoms with Gasteiger partial charge >= 0.3 is 0 Å². The van der Waals surface area contributed by atoms with Gasteiger partial charge in [0.15, 0.2) is 0 Å². The number of aromatic nitrogens is 1. The number of carbonyl (C=O) groups is 1. The highest BCUT2D eigenvalue weighted by Gasteiger charge is 2.16. The molecule has 1 aliphatic rings. The van der Waals surface area contributed by atoms with Gasteiger partial charge in [-0.15, -0.1) is 6.58 Å². The van der Waals surface area contributed by atoms with Gasteiger partial charge in [-0.25, -0.2) is 0 Å². The lowest BCUT2D eigenvalue weighted by Gasteiger charge is -2.22. The maximum atomic E-state index is 11.5. The number of likely N-dealkylation sites (N-methyl/N-ethyl adjacent to an activating group) is 1. The van der Waals surface area contributed by atoms with Crippen molar-refractivity contribution in [3.8, 4) is 0 Å². The predicted molar refractivity (Wildman–Crippen MR) is 168 cm³/mol. The first-order valence-corrected chi connectivity index (χ1v) is 14.0. The van der Waals surface area contributed by atoms with Crippen LogP contribution in [0.25, 0.3) is 0 Å². The number of aryl methyl sites for hydroxylation is 2. The van der Waals surface area contributed by atoms with E-state index in [1.165, 1.54) is 36.9 Å². The van der Waals surface area contributed by atoms with E-state index in [-0.39, 0.29) is 0 Å². The molecule has 0 aliphatic heterocycles. The molecule has 1 aromatic rings. The average Bonchev–Trinajstić information content (AvgIpc) is 2.93. The number of nitrogens with zero attached hydrogens (tertiary/aromatic N) is 4. The van der Waals surface area contributed by atoms with Crippen LogP contribution in [0.5, 0.6) is 0 Å². The second-order valence-corrected chi connectivity index (χ2v) is 8.57. The van der Waals surface area contributed by atoms with Gasteiger partial charge in [-0.3, -0.25) is 14.8 Å². The van der Waals surface area contributed by atoms with Gasteiger partial charge in [0, 0.05) is 25.5 Å². The molecule has 0 unspecified atom stereocenters. The molecule has 1 aliphatic carbocycles. The Bertz CT molecular complexity index is 723. The van der Waals surface area contributed by atoms with Gasteiger partial charge in [-0.1, -0.05) is 46.8 Å². The fourth-order valence-corrected chi connectivity index (χ4v) is 3.04. The van der Waals surface area contributed by atoms with Gasteiger partial charge < -0.3 is 26.2 Å². The first kappa shape index (κ1) is 40.0. The summed E-state index contributed by atoms with van der Waals surface area (Å²) in [6, 6.07) is 4.23. The molecule has 0 bridgehead atoms. The quantitative estimate of drug-likeness (QED) is 0.126. The van der Waals surface area contributed by atoms with E-state index in [9.17, 15) is 4.79 Å². The van der Waals surface area contributed by atoms with Crippen LogP contribution in [0, 0.1) is 0 Å². The normalized spacial score (nSPS) is 11.7. The minimum atomic E-state index is -0.490. The smallest absolute Gasteiger partial charge is 0.266 e. The second-order valence-electron chi connectivity index (χ2n) is 8.57. The van der Waals surface area contributed by atoms with Crippen LogP contribution in [0.15, 0.2) is 47.4 Å². The molecule has 0 spiro atoms. The van der Waals surface area contributed by atoms with Crippen LogP contribution >= 0.6 is 0 Å². The van der Waals surface area contributed by atoms with Crippen LogP contribution in [0.4, 0.5) is 0 Å². The van der Waals surface area contributed by atoms with Gasteiger partial charge in [0.2, 0.25) is 0 Å². The molecule has 0 saturated carbocycles. The highest BCUT2D eigenvalue weighted by atomic mass is 16.1. The Morgan fingerprint density at radius 2 is 1.74 bits per heavy atom. The fourth-order valence-electron chi connectivity index (χ4n) is 3.04. The third-order valence-corrected chi connectivity index (χ3v) is 5.12. The zero-order chi connectivity index (χ0) is 29.8. The molecule has 1 aromatic heterocycles. The van der Waals surface area contributed by atoms with Crippen LogP contribution in [0.1, 0.15) is 72.1 Å². The van der Waals surface area contributed by atoms with E-state index in [1.54, 1.807) is 18.0 Å². The first-order valence-electron chi connectivity index (χ1n) is 14.0. The summed E-state index contributed by atoms with van der Waals surface area (Å²) in [6.45, 7) is 22.8. The third kappa shape index (κ3) is 21.5. The number of nitrogens with one attached hydrogen (secondary N) is 2. The van der Waals surface area contributed by atoms with E-state index in [0.717, 1.165) is 26.1 Å². The SMILES string of the molecule is C=CC.C=N/C(CNCCC)=C(/C(N)=O)N(C)CNCC.CC.CCN(C)C.c1cnc2c(c1)CCCC2. The molecule has 38 heavy (non-hydrogen) atoms. The Labute approximate surface area is 234 Å². The number of rotatable bonds is 11. The molecular formula is C30H59N7O. The minimum Gasteiger partial charge on any atom is -0.364 e. The van der Waals surface area contributed by atoms with Crippen LogP contribution in [0.2, 0.25) is 0 Å². The van der Waals surface area contributed by atoms with E-state index >= 15 is 0 Å². The Hall–Kier alpha value is -2.55. The topological polar surface area (TPSA) is 98.9 Å². The van der Waals surface area contributed by atoms with E-state index < -0.39 is 5.91 Å². The van der Waals surface area contributed by atoms with Crippen LogP contribution in [-0.2, 0) is 17.6 Å². The molecule has 0 fully saturated rings. The Balaban J connectivity index is -0.000000507. The van der Waals surface area contributed by atoms with Gasteiger partial charge in [-0.2, -0.15) is 0 Å². The average molecular weight is 534 g/mol. The maximum Gasteiger partial charge on any atom is 0.266 e. The first-order chi connectivity index (χ1) is 18.2. The zero-order valence-electron chi connectivity index (χ0n) is 26.1. The summed E-state index contributed by atoms with van der Waals surface area (Å²) in [4.78, 5) is 23.6. The highest BCUT2D eigenvalue weighted by molar-refractivity contribution is 5.92. The van der Waals surface area contributed by atoms with E-state index in [1.807, 2.05) is 40.0 Å². The molecule has 0 radical (unpaired) electrons. The number of carbonyl (C=O) groups excluding carboxylic acids is 1. The molecule has 220 valence electrons. The summed E-state index contributed by atoms with van der Waals surface area (Å²) in [5.74, 6) is -0.490. The summed E-state index contributed by atoms with van der Waals surface area (Å²) in [5.41, 5.74) is 9.18. The van der Waals surface area contributed by atoms with Crippen molar-refractivity contribution < 1.29 is 4.79 Å². The van der Waals surface area contributed by atoms with Crippen molar-refractivity contribution in [1.82, 2.24) is 25.4 Å². The predicted octanol–water partition coefficient (Wildman–Crippen LogP) is 4.63. The molecule has 0 aromatic carbocycles. The lowest BCUT2D eigenvalue weighted by atomic mass is 9.96. The van der Waals surface area contributed by atoms with Crippen LogP contribution in [-0.4, -0.2) is 81.4 Å². The molecule has 2 rings (SSSR count).